The van der Waals surface area contributed by atoms with Crippen molar-refractivity contribution >= 4 is 11.4 Å². The molecule has 1 aliphatic rings. The highest BCUT2D eigenvalue weighted by Crippen LogP contribution is 2.25. The number of halogens is 1. The van der Waals surface area contributed by atoms with Crippen LogP contribution in [0.2, 0.25) is 0 Å². The lowest BCUT2D eigenvalue weighted by atomic mass is 10.2. The van der Waals surface area contributed by atoms with Gasteiger partial charge in [0.1, 0.15) is 5.82 Å². The lowest BCUT2D eigenvalue weighted by Crippen LogP contribution is -2.37. The summed E-state index contributed by atoms with van der Waals surface area (Å²) in [7, 11) is 0. The van der Waals surface area contributed by atoms with E-state index in [1.807, 2.05) is 6.07 Å². The fourth-order valence-electron chi connectivity index (χ4n) is 2.79. The topological polar surface area (TPSA) is 32.5 Å². The highest BCUT2D eigenvalue weighted by atomic mass is 19.1. The maximum Gasteiger partial charge on any atom is 0.127 e. The maximum atomic E-state index is 13.4. The summed E-state index contributed by atoms with van der Waals surface area (Å²) in [6.45, 7) is 8.45. The Morgan fingerprint density at radius 2 is 2.06 bits per heavy atom. The molecular formula is C14H22FN3. The quantitative estimate of drug-likeness (QED) is 0.834. The number of nitrogens with zero attached hydrogens (tertiary/aromatic N) is 2. The first-order chi connectivity index (χ1) is 8.63. The van der Waals surface area contributed by atoms with Gasteiger partial charge >= 0.3 is 0 Å². The second kappa shape index (κ2) is 5.57. The Hall–Kier alpha value is -1.29. The van der Waals surface area contributed by atoms with Crippen LogP contribution in [0.15, 0.2) is 18.2 Å². The molecule has 0 aliphatic carbocycles. The summed E-state index contributed by atoms with van der Waals surface area (Å²) in [6.07, 6.45) is 1.14. The number of hydrogen-bond donors (Lipinski definition) is 1. The van der Waals surface area contributed by atoms with Crippen LogP contribution in [0, 0.1) is 5.82 Å². The summed E-state index contributed by atoms with van der Waals surface area (Å²) >= 11 is 0. The number of benzene rings is 1. The van der Waals surface area contributed by atoms with Gasteiger partial charge in [-0.05, 0) is 37.7 Å². The number of hydrogen-bond acceptors (Lipinski definition) is 3. The van der Waals surface area contributed by atoms with Crippen LogP contribution in [0.1, 0.15) is 20.3 Å². The van der Waals surface area contributed by atoms with Crippen LogP contribution in [0.5, 0.6) is 0 Å². The van der Waals surface area contributed by atoms with Gasteiger partial charge in [-0.15, -0.1) is 0 Å². The van der Waals surface area contributed by atoms with E-state index < -0.39 is 0 Å². The molecule has 1 aromatic carbocycles. The molecule has 1 heterocycles. The molecule has 100 valence electrons. The van der Waals surface area contributed by atoms with E-state index in [1.54, 1.807) is 6.07 Å². The van der Waals surface area contributed by atoms with Crippen LogP contribution >= 0.6 is 0 Å². The maximum absolute atomic E-state index is 13.4. The molecule has 1 aromatic rings. The minimum atomic E-state index is -0.253. The minimum Gasteiger partial charge on any atom is -0.399 e. The first-order valence-corrected chi connectivity index (χ1v) is 6.69. The minimum absolute atomic E-state index is 0.253. The largest absolute Gasteiger partial charge is 0.399 e. The Kier molecular flexibility index (Phi) is 4.07. The van der Waals surface area contributed by atoms with Crippen molar-refractivity contribution in [3.63, 3.8) is 0 Å². The van der Waals surface area contributed by atoms with E-state index in [2.05, 4.69) is 23.6 Å². The Bertz CT molecular complexity index is 384. The molecule has 2 N–H and O–H groups in total. The normalized spacial score (nSPS) is 19.8. The van der Waals surface area contributed by atoms with Crippen molar-refractivity contribution in [1.29, 1.82) is 0 Å². The standard InChI is InChI=1S/C14H22FN3/c1-3-17(4-2)13-5-6-18(10-13)14-8-11(15)7-12(16)9-14/h7-9,13H,3-6,10,16H2,1-2H3. The SMILES string of the molecule is CCN(CC)C1CCN(c2cc(N)cc(F)c2)C1. The van der Waals surface area contributed by atoms with Gasteiger partial charge in [0, 0.05) is 30.5 Å². The van der Waals surface area contributed by atoms with Crippen LogP contribution in [-0.4, -0.2) is 37.1 Å². The number of anilines is 2. The van der Waals surface area contributed by atoms with Crippen molar-refractivity contribution in [3.05, 3.63) is 24.0 Å². The lowest BCUT2D eigenvalue weighted by Gasteiger charge is -2.26. The monoisotopic (exact) mass is 251 g/mol. The van der Waals surface area contributed by atoms with Crippen LogP contribution in [-0.2, 0) is 0 Å². The summed E-state index contributed by atoms with van der Waals surface area (Å²) in [5, 5.41) is 0. The average molecular weight is 251 g/mol. The summed E-state index contributed by atoms with van der Waals surface area (Å²) in [4.78, 5) is 4.69. The molecule has 1 atom stereocenters. The Labute approximate surface area is 108 Å². The highest BCUT2D eigenvalue weighted by molar-refractivity contribution is 5.57. The Morgan fingerprint density at radius 3 is 2.67 bits per heavy atom. The fourth-order valence-corrected chi connectivity index (χ4v) is 2.79. The van der Waals surface area contributed by atoms with Crippen molar-refractivity contribution < 1.29 is 4.39 Å². The van der Waals surface area contributed by atoms with Crippen LogP contribution < -0.4 is 10.6 Å². The third-order valence-corrected chi connectivity index (χ3v) is 3.76. The van der Waals surface area contributed by atoms with Gasteiger partial charge in [-0.3, -0.25) is 4.90 Å². The van der Waals surface area contributed by atoms with Crippen molar-refractivity contribution in [2.24, 2.45) is 0 Å². The molecule has 0 bridgehead atoms. The Balaban J connectivity index is 2.08. The van der Waals surface area contributed by atoms with Gasteiger partial charge < -0.3 is 10.6 Å². The first-order valence-electron chi connectivity index (χ1n) is 6.69. The van der Waals surface area contributed by atoms with Crippen molar-refractivity contribution in [2.75, 3.05) is 36.8 Å². The predicted molar refractivity (Wildman–Crippen MR) is 74.4 cm³/mol. The highest BCUT2D eigenvalue weighted by Gasteiger charge is 2.26. The van der Waals surface area contributed by atoms with Gasteiger partial charge in [-0.2, -0.15) is 0 Å². The third kappa shape index (κ3) is 2.75. The number of nitrogens with two attached hydrogens (primary N) is 1. The molecule has 0 aromatic heterocycles. The predicted octanol–water partition coefficient (Wildman–Crippen LogP) is 2.33. The molecule has 4 heteroatoms. The molecule has 0 saturated carbocycles. The molecule has 3 nitrogen and oxygen atoms in total. The first kappa shape index (κ1) is 13.1. The van der Waals surface area contributed by atoms with E-state index in [-0.39, 0.29) is 5.82 Å². The average Bonchev–Trinajstić information content (AvgIpc) is 2.79. The number of rotatable bonds is 4. The zero-order chi connectivity index (χ0) is 13.1. The molecule has 1 fully saturated rings. The lowest BCUT2D eigenvalue weighted by molar-refractivity contribution is 0.232. The summed E-state index contributed by atoms with van der Waals surface area (Å²) in [5.41, 5.74) is 7.10. The van der Waals surface area contributed by atoms with Gasteiger partial charge in [-0.25, -0.2) is 4.39 Å². The summed E-state index contributed by atoms with van der Waals surface area (Å²) in [5.74, 6) is -0.253. The molecule has 18 heavy (non-hydrogen) atoms. The van der Waals surface area contributed by atoms with Crippen LogP contribution in [0.3, 0.4) is 0 Å². The van der Waals surface area contributed by atoms with Gasteiger partial charge in [0.15, 0.2) is 0 Å². The van der Waals surface area contributed by atoms with Crippen molar-refractivity contribution in [2.45, 2.75) is 26.3 Å². The van der Waals surface area contributed by atoms with Crippen molar-refractivity contribution in [1.82, 2.24) is 4.90 Å². The molecule has 2 rings (SSSR count). The van der Waals surface area contributed by atoms with E-state index in [1.165, 1.54) is 6.07 Å². The van der Waals surface area contributed by atoms with E-state index >= 15 is 0 Å². The van der Waals surface area contributed by atoms with E-state index in [0.29, 0.717) is 11.7 Å². The van der Waals surface area contributed by atoms with Crippen LogP contribution in [0.4, 0.5) is 15.8 Å². The molecule has 0 amide bonds. The van der Waals surface area contributed by atoms with E-state index in [9.17, 15) is 4.39 Å². The van der Waals surface area contributed by atoms with E-state index in [0.717, 1.165) is 38.3 Å². The van der Waals surface area contributed by atoms with E-state index in [4.69, 9.17) is 5.73 Å². The smallest absolute Gasteiger partial charge is 0.127 e. The summed E-state index contributed by atoms with van der Waals surface area (Å²) < 4.78 is 13.4. The number of nitrogen functional groups attached to an aromatic ring is 1. The zero-order valence-corrected chi connectivity index (χ0v) is 11.2. The van der Waals surface area contributed by atoms with Gasteiger partial charge in [0.2, 0.25) is 0 Å². The third-order valence-electron chi connectivity index (χ3n) is 3.76. The fraction of sp³-hybridized carbons (Fsp3) is 0.571. The molecule has 0 radical (unpaired) electrons. The van der Waals surface area contributed by atoms with Crippen LogP contribution in [0.25, 0.3) is 0 Å². The second-order valence-electron chi connectivity index (χ2n) is 4.85. The molecule has 1 saturated heterocycles. The molecule has 1 unspecified atom stereocenters. The van der Waals surface area contributed by atoms with Gasteiger partial charge in [-0.1, -0.05) is 13.8 Å². The zero-order valence-electron chi connectivity index (χ0n) is 11.2. The second-order valence-corrected chi connectivity index (χ2v) is 4.85. The molecule has 0 spiro atoms. The van der Waals surface area contributed by atoms with Crippen molar-refractivity contribution in [3.8, 4) is 0 Å². The van der Waals surface area contributed by atoms with Gasteiger partial charge in [0.05, 0.1) is 0 Å². The summed E-state index contributed by atoms with van der Waals surface area (Å²) in [6, 6.07) is 5.36. The molecular weight excluding hydrogens is 229 g/mol. The molecule has 1 aliphatic heterocycles. The Morgan fingerprint density at radius 1 is 1.33 bits per heavy atom. The number of likely N-dealkylation sites (N-methyl/N-ethyl adjacent to an activating group) is 1. The van der Waals surface area contributed by atoms with Gasteiger partial charge in [0.25, 0.3) is 0 Å².